The van der Waals surface area contributed by atoms with Gasteiger partial charge in [0, 0.05) is 50.1 Å². The van der Waals surface area contributed by atoms with Crippen LogP contribution in [0.15, 0.2) is 60.7 Å². The Hall–Kier alpha value is -2.21. The second-order valence-corrected chi connectivity index (χ2v) is 9.73. The van der Waals surface area contributed by atoms with Crippen LogP contribution in [0.4, 0.5) is 0 Å². The molecule has 164 valence electrons. The molecule has 0 radical (unpaired) electrons. The zero-order valence-electron chi connectivity index (χ0n) is 18.6. The topological polar surface area (TPSA) is 47.6 Å². The molecule has 2 aromatic rings. The molecule has 2 aromatic carbocycles. The molecule has 0 aromatic heterocycles. The summed E-state index contributed by atoms with van der Waals surface area (Å²) >= 11 is 0. The summed E-state index contributed by atoms with van der Waals surface area (Å²) < 4.78 is 0. The number of piperazine rings is 1. The van der Waals surface area contributed by atoms with Gasteiger partial charge in [0.05, 0.1) is 0 Å². The highest BCUT2D eigenvalue weighted by molar-refractivity contribution is 5.86. The molecule has 0 spiro atoms. The number of rotatable bonds is 7. The van der Waals surface area contributed by atoms with Crippen molar-refractivity contribution in [3.05, 3.63) is 71.8 Å². The number of nitrogens with zero attached hydrogens (tertiary/aromatic N) is 2. The molecule has 0 bridgehead atoms. The van der Waals surface area contributed by atoms with Crippen molar-refractivity contribution in [2.75, 3.05) is 33.2 Å². The molecule has 1 aliphatic heterocycles. The summed E-state index contributed by atoms with van der Waals surface area (Å²) in [6.45, 7) is 5.54. The molecule has 5 heteroatoms. The SMILES string of the molecule is CN1CCN(C(=O)C(C)(N[C@@H]2C[C@H]2c2ccccc2)N[C@@H]2C[C@H]2c2ccccc2)CC1. The molecule has 1 amide bonds. The molecule has 4 atom stereocenters. The highest BCUT2D eigenvalue weighted by Gasteiger charge is 2.50. The minimum atomic E-state index is -0.738. The first-order valence-corrected chi connectivity index (χ1v) is 11.7. The summed E-state index contributed by atoms with van der Waals surface area (Å²) in [6.07, 6.45) is 2.17. The summed E-state index contributed by atoms with van der Waals surface area (Å²) in [4.78, 5) is 18.1. The quantitative estimate of drug-likeness (QED) is 0.679. The molecule has 31 heavy (non-hydrogen) atoms. The molecule has 5 nitrogen and oxygen atoms in total. The molecule has 1 saturated heterocycles. The fraction of sp³-hybridized carbons (Fsp3) is 0.500. The lowest BCUT2D eigenvalue weighted by Crippen LogP contribution is -2.67. The fourth-order valence-electron chi connectivity index (χ4n) is 5.08. The normalized spacial score (nSPS) is 28.4. The van der Waals surface area contributed by atoms with Crippen LogP contribution < -0.4 is 10.6 Å². The van der Waals surface area contributed by atoms with Crippen molar-refractivity contribution < 1.29 is 4.79 Å². The highest BCUT2D eigenvalue weighted by Crippen LogP contribution is 2.44. The molecule has 3 fully saturated rings. The summed E-state index contributed by atoms with van der Waals surface area (Å²) in [5, 5.41) is 7.50. The van der Waals surface area contributed by atoms with E-state index in [1.807, 2.05) is 4.90 Å². The van der Waals surface area contributed by atoms with Gasteiger partial charge < -0.3 is 9.80 Å². The van der Waals surface area contributed by atoms with Crippen molar-refractivity contribution in [1.82, 2.24) is 20.4 Å². The zero-order valence-corrected chi connectivity index (χ0v) is 18.6. The van der Waals surface area contributed by atoms with E-state index in [0.717, 1.165) is 39.0 Å². The Morgan fingerprint density at radius 2 is 1.26 bits per heavy atom. The number of likely N-dealkylation sites (N-methyl/N-ethyl adjacent to an activating group) is 1. The Morgan fingerprint density at radius 1 is 0.806 bits per heavy atom. The second kappa shape index (κ2) is 8.38. The van der Waals surface area contributed by atoms with E-state index in [4.69, 9.17) is 0 Å². The van der Waals surface area contributed by atoms with Crippen LogP contribution in [-0.2, 0) is 4.79 Å². The standard InChI is InChI=1S/C26H34N4O/c1-26(25(31)30-15-13-29(2)14-16-30,27-23-17-21(23)19-9-5-3-6-10-19)28-24-18-22(24)20-11-7-4-8-12-20/h3-12,21-24,27-28H,13-18H2,1-2H3/t21-,22-,23+,24+/m0/s1. The zero-order chi connectivity index (χ0) is 21.4. The van der Waals surface area contributed by atoms with Crippen molar-refractivity contribution in [3.8, 4) is 0 Å². The van der Waals surface area contributed by atoms with Crippen molar-refractivity contribution >= 4 is 5.91 Å². The Kier molecular flexibility index (Phi) is 5.59. The highest BCUT2D eigenvalue weighted by atomic mass is 16.2. The van der Waals surface area contributed by atoms with Gasteiger partial charge in [0.15, 0.2) is 0 Å². The average Bonchev–Trinajstić information content (AvgIpc) is 3.72. The van der Waals surface area contributed by atoms with E-state index in [-0.39, 0.29) is 5.91 Å². The predicted molar refractivity (Wildman–Crippen MR) is 124 cm³/mol. The van der Waals surface area contributed by atoms with Crippen LogP contribution in [0.3, 0.4) is 0 Å². The maximum Gasteiger partial charge on any atom is 0.257 e. The number of carbonyl (C=O) groups is 1. The van der Waals surface area contributed by atoms with Crippen molar-refractivity contribution in [3.63, 3.8) is 0 Å². The molecule has 2 aliphatic carbocycles. The monoisotopic (exact) mass is 418 g/mol. The van der Waals surface area contributed by atoms with E-state index in [1.165, 1.54) is 11.1 Å². The first-order valence-electron chi connectivity index (χ1n) is 11.7. The van der Waals surface area contributed by atoms with Crippen LogP contribution in [0.1, 0.15) is 42.7 Å². The van der Waals surface area contributed by atoms with Crippen LogP contribution >= 0.6 is 0 Å². The lowest BCUT2D eigenvalue weighted by Gasteiger charge is -2.40. The van der Waals surface area contributed by atoms with Crippen LogP contribution in [0.25, 0.3) is 0 Å². The van der Waals surface area contributed by atoms with Gasteiger partial charge in [-0.2, -0.15) is 0 Å². The van der Waals surface area contributed by atoms with Gasteiger partial charge in [-0.05, 0) is 37.9 Å². The maximum atomic E-state index is 13.7. The lowest BCUT2D eigenvalue weighted by atomic mass is 10.1. The first kappa shape index (κ1) is 20.7. The molecular weight excluding hydrogens is 384 g/mol. The number of benzene rings is 2. The number of hydrogen-bond acceptors (Lipinski definition) is 4. The van der Waals surface area contributed by atoms with Crippen LogP contribution in [0.5, 0.6) is 0 Å². The van der Waals surface area contributed by atoms with E-state index in [2.05, 4.69) is 90.2 Å². The van der Waals surface area contributed by atoms with Crippen LogP contribution in [0.2, 0.25) is 0 Å². The van der Waals surface area contributed by atoms with Gasteiger partial charge in [0.2, 0.25) is 0 Å². The van der Waals surface area contributed by atoms with Gasteiger partial charge in [-0.1, -0.05) is 60.7 Å². The van der Waals surface area contributed by atoms with E-state index < -0.39 is 5.66 Å². The van der Waals surface area contributed by atoms with Crippen LogP contribution in [0, 0.1) is 0 Å². The summed E-state index contributed by atoms with van der Waals surface area (Å²) in [6, 6.07) is 22.0. The van der Waals surface area contributed by atoms with Crippen molar-refractivity contribution in [2.45, 2.75) is 49.3 Å². The molecular formula is C26H34N4O. The van der Waals surface area contributed by atoms with Gasteiger partial charge in [-0.25, -0.2) is 0 Å². The molecule has 2 saturated carbocycles. The Labute approximate surface area is 185 Å². The Morgan fingerprint density at radius 3 is 1.71 bits per heavy atom. The average molecular weight is 419 g/mol. The molecule has 2 N–H and O–H groups in total. The van der Waals surface area contributed by atoms with E-state index in [9.17, 15) is 4.79 Å². The first-order chi connectivity index (χ1) is 15.0. The van der Waals surface area contributed by atoms with Gasteiger partial charge in [0.1, 0.15) is 5.66 Å². The maximum absolute atomic E-state index is 13.7. The molecule has 0 unspecified atom stereocenters. The van der Waals surface area contributed by atoms with Crippen molar-refractivity contribution in [2.24, 2.45) is 0 Å². The predicted octanol–water partition coefficient (Wildman–Crippen LogP) is 2.77. The van der Waals surface area contributed by atoms with Gasteiger partial charge >= 0.3 is 0 Å². The largest absolute Gasteiger partial charge is 0.337 e. The Bertz CT molecular complexity index is 839. The third-order valence-corrected chi connectivity index (χ3v) is 7.20. The van der Waals surface area contributed by atoms with Gasteiger partial charge in [0.25, 0.3) is 5.91 Å². The third-order valence-electron chi connectivity index (χ3n) is 7.20. The third kappa shape index (κ3) is 4.54. The molecule has 3 aliphatic rings. The van der Waals surface area contributed by atoms with E-state index >= 15 is 0 Å². The van der Waals surface area contributed by atoms with Gasteiger partial charge in [-0.3, -0.25) is 15.4 Å². The summed E-state index contributed by atoms with van der Waals surface area (Å²) in [5.41, 5.74) is 1.99. The Balaban J connectivity index is 1.30. The van der Waals surface area contributed by atoms with Crippen molar-refractivity contribution in [1.29, 1.82) is 0 Å². The number of amides is 1. The van der Waals surface area contributed by atoms with E-state index in [1.54, 1.807) is 0 Å². The number of nitrogens with one attached hydrogen (secondary N) is 2. The minimum absolute atomic E-state index is 0.193. The van der Waals surface area contributed by atoms with Crippen LogP contribution in [-0.4, -0.2) is 66.7 Å². The number of carbonyl (C=O) groups excluding carboxylic acids is 1. The fourth-order valence-corrected chi connectivity index (χ4v) is 5.08. The molecule has 1 heterocycles. The summed E-state index contributed by atoms with van der Waals surface area (Å²) in [5.74, 6) is 1.18. The smallest absolute Gasteiger partial charge is 0.257 e. The second-order valence-electron chi connectivity index (χ2n) is 9.73. The van der Waals surface area contributed by atoms with E-state index in [0.29, 0.717) is 23.9 Å². The summed E-state index contributed by atoms with van der Waals surface area (Å²) in [7, 11) is 2.13. The molecule has 5 rings (SSSR count). The van der Waals surface area contributed by atoms with Gasteiger partial charge in [-0.15, -0.1) is 0 Å². The lowest BCUT2D eigenvalue weighted by molar-refractivity contribution is -0.141. The minimum Gasteiger partial charge on any atom is -0.337 e. The number of hydrogen-bond donors (Lipinski definition) is 2.